The summed E-state index contributed by atoms with van der Waals surface area (Å²) in [7, 11) is 0. The Morgan fingerprint density at radius 2 is 1.78 bits per heavy atom. The number of hydrogen-bond donors (Lipinski definition) is 0. The summed E-state index contributed by atoms with van der Waals surface area (Å²) in [6.45, 7) is 5.03. The molecule has 0 unspecified atom stereocenters. The van der Waals surface area contributed by atoms with Gasteiger partial charge >= 0.3 is 0 Å². The molecule has 0 heterocycles. The molecule has 0 radical (unpaired) electrons. The minimum absolute atomic E-state index is 0.557. The normalized spacial score (nSPS) is 10.7. The van der Waals surface area contributed by atoms with E-state index in [1.165, 1.54) is 14.7 Å². The summed E-state index contributed by atoms with van der Waals surface area (Å²) in [4.78, 5) is 0. The fourth-order valence-corrected chi connectivity index (χ4v) is 2.42. The Hall–Kier alpha value is -1.03. The summed E-state index contributed by atoms with van der Waals surface area (Å²) in [5.41, 5.74) is 2.55. The molecular weight excluding hydrogens is 335 g/mol. The van der Waals surface area contributed by atoms with Crippen LogP contribution in [0.4, 0.5) is 0 Å². The lowest BCUT2D eigenvalue weighted by atomic mass is 10.0. The number of benzene rings is 2. The largest absolute Gasteiger partial charge is 0.488 e. The van der Waals surface area contributed by atoms with Gasteiger partial charge in [0.15, 0.2) is 0 Å². The predicted molar refractivity (Wildman–Crippen MR) is 84.0 cm³/mol. The topological polar surface area (TPSA) is 9.23 Å². The lowest BCUT2D eigenvalue weighted by molar-refractivity contribution is 0.304. The highest BCUT2D eigenvalue weighted by Crippen LogP contribution is 2.26. The first-order valence-corrected chi connectivity index (χ1v) is 7.21. The third-order valence-electron chi connectivity index (χ3n) is 2.86. The van der Waals surface area contributed by atoms with Crippen LogP contribution in [0.25, 0.3) is 0 Å². The lowest BCUT2D eigenvalue weighted by Crippen LogP contribution is -1.98. The first-order valence-electron chi connectivity index (χ1n) is 6.13. The van der Waals surface area contributed by atoms with Crippen molar-refractivity contribution in [1.82, 2.24) is 0 Å². The van der Waals surface area contributed by atoms with E-state index in [1.54, 1.807) is 0 Å². The van der Waals surface area contributed by atoms with Crippen molar-refractivity contribution in [2.45, 2.75) is 26.4 Å². The number of halogens is 1. The molecule has 2 rings (SSSR count). The molecule has 0 aliphatic heterocycles. The van der Waals surface area contributed by atoms with Gasteiger partial charge in [-0.3, -0.25) is 0 Å². The molecule has 0 saturated carbocycles. The molecule has 18 heavy (non-hydrogen) atoms. The van der Waals surface area contributed by atoms with Gasteiger partial charge in [0.1, 0.15) is 12.4 Å². The zero-order chi connectivity index (χ0) is 13.0. The minimum Gasteiger partial charge on any atom is -0.488 e. The summed E-state index contributed by atoms with van der Waals surface area (Å²) in [6, 6.07) is 16.7. The van der Waals surface area contributed by atoms with Gasteiger partial charge in [-0.05, 0) is 51.8 Å². The predicted octanol–water partition coefficient (Wildman–Crippen LogP) is 4.99. The molecule has 0 amide bonds. The van der Waals surface area contributed by atoms with Crippen molar-refractivity contribution in [3.63, 3.8) is 0 Å². The van der Waals surface area contributed by atoms with Crippen molar-refractivity contribution in [2.24, 2.45) is 0 Å². The average molecular weight is 352 g/mol. The monoisotopic (exact) mass is 352 g/mol. The quantitative estimate of drug-likeness (QED) is 0.704. The van der Waals surface area contributed by atoms with E-state index < -0.39 is 0 Å². The second kappa shape index (κ2) is 6.23. The van der Waals surface area contributed by atoms with Crippen molar-refractivity contribution in [3.05, 3.63) is 63.2 Å². The summed E-state index contributed by atoms with van der Waals surface area (Å²) >= 11 is 2.34. The maximum Gasteiger partial charge on any atom is 0.133 e. The van der Waals surface area contributed by atoms with Crippen LogP contribution in [0.15, 0.2) is 48.5 Å². The number of ether oxygens (including phenoxy) is 1. The van der Waals surface area contributed by atoms with Crippen molar-refractivity contribution >= 4 is 22.6 Å². The van der Waals surface area contributed by atoms with E-state index in [-0.39, 0.29) is 0 Å². The molecule has 0 aliphatic carbocycles. The van der Waals surface area contributed by atoms with Gasteiger partial charge in [-0.1, -0.05) is 50.2 Å². The molecule has 0 fully saturated rings. The standard InChI is InChI=1S/C16H17IO/c1-12(2)14-8-9-16(15(17)10-14)18-11-13-6-4-3-5-7-13/h3-10,12H,11H2,1-2H3. The Kier molecular flexibility index (Phi) is 4.64. The average Bonchev–Trinajstić information content (AvgIpc) is 2.38. The van der Waals surface area contributed by atoms with Crippen molar-refractivity contribution in [3.8, 4) is 5.75 Å². The molecule has 0 atom stereocenters. The van der Waals surface area contributed by atoms with Gasteiger partial charge in [-0.25, -0.2) is 0 Å². The van der Waals surface area contributed by atoms with E-state index in [0.717, 1.165) is 5.75 Å². The van der Waals surface area contributed by atoms with Gasteiger partial charge < -0.3 is 4.74 Å². The van der Waals surface area contributed by atoms with E-state index >= 15 is 0 Å². The second-order valence-corrected chi connectivity index (χ2v) is 5.78. The van der Waals surface area contributed by atoms with Crippen LogP contribution < -0.4 is 4.74 Å². The fourth-order valence-electron chi connectivity index (χ4n) is 1.73. The number of rotatable bonds is 4. The van der Waals surface area contributed by atoms with E-state index in [2.05, 4.69) is 66.8 Å². The summed E-state index contributed by atoms with van der Waals surface area (Å²) < 4.78 is 7.03. The lowest BCUT2D eigenvalue weighted by Gasteiger charge is -2.11. The fraction of sp³-hybridized carbons (Fsp3) is 0.250. The first kappa shape index (κ1) is 13.4. The van der Waals surface area contributed by atoms with Crippen molar-refractivity contribution in [1.29, 1.82) is 0 Å². The van der Waals surface area contributed by atoms with Gasteiger partial charge in [-0.2, -0.15) is 0 Å². The highest BCUT2D eigenvalue weighted by atomic mass is 127. The van der Waals surface area contributed by atoms with Crippen LogP contribution in [0.1, 0.15) is 30.9 Å². The van der Waals surface area contributed by atoms with Crippen LogP contribution in [-0.4, -0.2) is 0 Å². The highest BCUT2D eigenvalue weighted by molar-refractivity contribution is 14.1. The van der Waals surface area contributed by atoms with Crippen LogP contribution in [0.5, 0.6) is 5.75 Å². The van der Waals surface area contributed by atoms with Gasteiger partial charge in [0.25, 0.3) is 0 Å². The van der Waals surface area contributed by atoms with Crippen LogP contribution in [0.3, 0.4) is 0 Å². The summed E-state index contributed by atoms with van der Waals surface area (Å²) in [5, 5.41) is 0. The molecule has 0 aliphatic rings. The molecule has 94 valence electrons. The Morgan fingerprint density at radius 1 is 1.06 bits per heavy atom. The second-order valence-electron chi connectivity index (χ2n) is 4.62. The third-order valence-corrected chi connectivity index (χ3v) is 3.70. The first-order chi connectivity index (χ1) is 8.66. The Labute approximate surface area is 122 Å². The van der Waals surface area contributed by atoms with Gasteiger partial charge in [0.2, 0.25) is 0 Å². The molecule has 0 N–H and O–H groups in total. The SMILES string of the molecule is CC(C)c1ccc(OCc2ccccc2)c(I)c1. The van der Waals surface area contributed by atoms with E-state index in [0.29, 0.717) is 12.5 Å². The highest BCUT2D eigenvalue weighted by Gasteiger charge is 2.05. The van der Waals surface area contributed by atoms with Crippen molar-refractivity contribution < 1.29 is 4.74 Å². The van der Waals surface area contributed by atoms with Gasteiger partial charge in [0.05, 0.1) is 3.57 Å². The zero-order valence-corrected chi connectivity index (χ0v) is 12.8. The molecule has 0 saturated heterocycles. The van der Waals surface area contributed by atoms with Crippen molar-refractivity contribution in [2.75, 3.05) is 0 Å². The van der Waals surface area contributed by atoms with E-state index in [4.69, 9.17) is 4.74 Å². The molecule has 1 nitrogen and oxygen atoms in total. The van der Waals surface area contributed by atoms with Crippen LogP contribution in [-0.2, 0) is 6.61 Å². The number of hydrogen-bond acceptors (Lipinski definition) is 1. The van der Waals surface area contributed by atoms with Crippen LogP contribution >= 0.6 is 22.6 Å². The van der Waals surface area contributed by atoms with Gasteiger partial charge in [0, 0.05) is 0 Å². The third kappa shape index (κ3) is 3.48. The van der Waals surface area contributed by atoms with Crippen LogP contribution in [0.2, 0.25) is 0 Å². The molecule has 2 aromatic carbocycles. The molecule has 0 aromatic heterocycles. The van der Waals surface area contributed by atoms with E-state index in [9.17, 15) is 0 Å². The van der Waals surface area contributed by atoms with E-state index in [1.807, 2.05) is 18.2 Å². The molecule has 2 aromatic rings. The smallest absolute Gasteiger partial charge is 0.133 e. The molecular formula is C16H17IO. The van der Waals surface area contributed by atoms with Crippen LogP contribution in [0, 0.1) is 3.57 Å². The minimum atomic E-state index is 0.557. The molecule has 2 heteroatoms. The maximum absolute atomic E-state index is 5.85. The summed E-state index contributed by atoms with van der Waals surface area (Å²) in [6.07, 6.45) is 0. The summed E-state index contributed by atoms with van der Waals surface area (Å²) in [5.74, 6) is 1.52. The Morgan fingerprint density at radius 3 is 2.39 bits per heavy atom. The Balaban J connectivity index is 2.06. The molecule has 0 bridgehead atoms. The van der Waals surface area contributed by atoms with Gasteiger partial charge in [-0.15, -0.1) is 0 Å². The molecule has 0 spiro atoms. The Bertz CT molecular complexity index is 506. The maximum atomic E-state index is 5.85. The zero-order valence-electron chi connectivity index (χ0n) is 10.7.